The predicted octanol–water partition coefficient (Wildman–Crippen LogP) is 3.73. The summed E-state index contributed by atoms with van der Waals surface area (Å²) in [4.78, 5) is 43.3. The number of unbranched alkanes of at least 4 members (excludes halogenated alkanes) is 2. The van der Waals surface area contributed by atoms with Gasteiger partial charge in [-0.25, -0.2) is 9.59 Å². The number of rotatable bonds is 13. The zero-order valence-corrected chi connectivity index (χ0v) is 14.3. The van der Waals surface area contributed by atoms with Crippen molar-refractivity contribution in [2.75, 3.05) is 13.2 Å². The fourth-order valence-electron chi connectivity index (χ4n) is 1.86. The first-order valence-corrected chi connectivity index (χ1v) is 8.22. The molecule has 0 aromatic carbocycles. The Kier molecular flexibility index (Phi) is 11.8. The Morgan fingerprint density at radius 1 is 0.818 bits per heavy atom. The quantitative estimate of drug-likeness (QED) is 0.293. The molecule has 0 aliphatic rings. The van der Waals surface area contributed by atoms with Crippen LogP contribution in [0.1, 0.15) is 72.6 Å². The van der Waals surface area contributed by atoms with E-state index in [0.29, 0.717) is 26.1 Å². The number of carbonyl (C=O) groups is 2. The van der Waals surface area contributed by atoms with Gasteiger partial charge in [-0.05, 0) is 25.7 Å². The molecule has 22 heavy (non-hydrogen) atoms. The lowest BCUT2D eigenvalue weighted by molar-refractivity contribution is -0.287. The molecule has 0 aromatic heterocycles. The van der Waals surface area contributed by atoms with Crippen LogP contribution in [0.25, 0.3) is 0 Å². The Labute approximate surface area is 133 Å². The van der Waals surface area contributed by atoms with E-state index in [1.807, 2.05) is 27.7 Å². The second-order valence-electron chi connectivity index (χ2n) is 5.34. The van der Waals surface area contributed by atoms with Crippen LogP contribution in [-0.2, 0) is 29.1 Å². The summed E-state index contributed by atoms with van der Waals surface area (Å²) < 4.78 is 0. The highest BCUT2D eigenvalue weighted by Crippen LogP contribution is 2.33. The highest BCUT2D eigenvalue weighted by atomic mass is 17.2. The molecule has 130 valence electrons. The van der Waals surface area contributed by atoms with Gasteiger partial charge in [0, 0.05) is 0 Å². The lowest BCUT2D eigenvalue weighted by Crippen LogP contribution is -2.35. The van der Waals surface area contributed by atoms with Crippen molar-refractivity contribution >= 4 is 11.9 Å². The van der Waals surface area contributed by atoms with Crippen molar-refractivity contribution < 1.29 is 29.1 Å². The Hall–Kier alpha value is -1.14. The van der Waals surface area contributed by atoms with Gasteiger partial charge in [0.2, 0.25) is 0 Å². The maximum atomic E-state index is 12.2. The molecule has 0 saturated heterocycles. The summed E-state index contributed by atoms with van der Waals surface area (Å²) >= 11 is 0. The van der Waals surface area contributed by atoms with E-state index in [1.165, 1.54) is 0 Å². The van der Waals surface area contributed by atoms with Crippen LogP contribution in [-0.4, -0.2) is 25.2 Å². The van der Waals surface area contributed by atoms with E-state index in [9.17, 15) is 9.59 Å². The molecule has 0 atom stereocenters. The summed E-state index contributed by atoms with van der Waals surface area (Å²) in [5.74, 6) is -1.09. The molecular weight excluding hydrogens is 288 g/mol. The summed E-state index contributed by atoms with van der Waals surface area (Å²) in [6.07, 6.45) is 4.37. The molecule has 0 rings (SSSR count). The molecule has 0 N–H and O–H groups in total. The largest absolute Gasteiger partial charge is 0.348 e. The first kappa shape index (κ1) is 20.9. The molecule has 6 heteroatoms. The highest BCUT2D eigenvalue weighted by molar-refractivity contribution is 5.82. The monoisotopic (exact) mass is 318 g/mol. The van der Waals surface area contributed by atoms with Crippen molar-refractivity contribution in [1.29, 1.82) is 0 Å². The average molecular weight is 318 g/mol. The molecule has 0 amide bonds. The van der Waals surface area contributed by atoms with Gasteiger partial charge in [-0.3, -0.25) is 9.78 Å². The van der Waals surface area contributed by atoms with Gasteiger partial charge in [0.05, 0.1) is 25.0 Å². The molecule has 0 aromatic rings. The van der Waals surface area contributed by atoms with Gasteiger partial charge in [-0.1, -0.05) is 40.5 Å². The minimum Gasteiger partial charge on any atom is -0.298 e. The van der Waals surface area contributed by atoms with E-state index in [1.54, 1.807) is 0 Å². The van der Waals surface area contributed by atoms with Gasteiger partial charge < -0.3 is 0 Å². The van der Waals surface area contributed by atoms with Crippen LogP contribution in [0.3, 0.4) is 0 Å². The third-order valence-corrected chi connectivity index (χ3v) is 3.72. The lowest BCUT2D eigenvalue weighted by Gasteiger charge is -2.26. The molecule has 0 aliphatic heterocycles. The summed E-state index contributed by atoms with van der Waals surface area (Å²) in [6, 6.07) is 0. The van der Waals surface area contributed by atoms with Gasteiger partial charge in [-0.15, -0.1) is 0 Å². The van der Waals surface area contributed by atoms with Crippen molar-refractivity contribution in [3.05, 3.63) is 0 Å². The smallest absolute Gasteiger partial charge is 0.298 e. The maximum absolute atomic E-state index is 12.2. The predicted molar refractivity (Wildman–Crippen MR) is 81.5 cm³/mol. The lowest BCUT2D eigenvalue weighted by atomic mass is 9.79. The molecular formula is C16H30O6. The van der Waals surface area contributed by atoms with Crippen LogP contribution >= 0.6 is 0 Å². The van der Waals surface area contributed by atoms with Gasteiger partial charge in [-0.2, -0.15) is 9.78 Å². The molecule has 0 unspecified atom stereocenters. The fraction of sp³-hybridized carbons (Fsp3) is 0.875. The molecule has 0 bridgehead atoms. The van der Waals surface area contributed by atoms with Gasteiger partial charge >= 0.3 is 11.9 Å². The summed E-state index contributed by atoms with van der Waals surface area (Å²) in [6.45, 7) is 8.42. The van der Waals surface area contributed by atoms with Crippen LogP contribution in [0.15, 0.2) is 0 Å². The van der Waals surface area contributed by atoms with E-state index in [-0.39, 0.29) is 6.42 Å². The van der Waals surface area contributed by atoms with E-state index in [4.69, 9.17) is 19.6 Å². The summed E-state index contributed by atoms with van der Waals surface area (Å²) in [5.41, 5.74) is -0.933. The normalized spacial score (nSPS) is 11.3. The van der Waals surface area contributed by atoms with E-state index >= 15 is 0 Å². The third kappa shape index (κ3) is 7.75. The zero-order chi connectivity index (χ0) is 16.8. The Morgan fingerprint density at radius 2 is 1.32 bits per heavy atom. The van der Waals surface area contributed by atoms with Crippen molar-refractivity contribution in [2.45, 2.75) is 72.6 Å². The molecule has 0 aliphatic carbocycles. The van der Waals surface area contributed by atoms with E-state index < -0.39 is 17.4 Å². The molecule has 0 spiro atoms. The second kappa shape index (κ2) is 12.4. The van der Waals surface area contributed by atoms with E-state index in [0.717, 1.165) is 25.7 Å². The Balaban J connectivity index is 4.40. The van der Waals surface area contributed by atoms with Crippen LogP contribution < -0.4 is 0 Å². The summed E-state index contributed by atoms with van der Waals surface area (Å²) in [5, 5.41) is 0. The second-order valence-corrected chi connectivity index (χ2v) is 5.34. The standard InChI is InChI=1S/C16H30O6/c1-5-9-11-19-21-14(17)13-16(7-3,8-4)15(18)22-20-12-10-6-2/h5-13H2,1-4H3. The molecule has 0 saturated carbocycles. The Bertz CT molecular complexity index is 312. The van der Waals surface area contributed by atoms with E-state index in [2.05, 4.69) is 0 Å². The molecule has 0 heterocycles. The van der Waals surface area contributed by atoms with Crippen LogP contribution in [0.5, 0.6) is 0 Å². The van der Waals surface area contributed by atoms with Crippen molar-refractivity contribution in [1.82, 2.24) is 0 Å². The summed E-state index contributed by atoms with van der Waals surface area (Å²) in [7, 11) is 0. The van der Waals surface area contributed by atoms with Crippen molar-refractivity contribution in [3.8, 4) is 0 Å². The van der Waals surface area contributed by atoms with Gasteiger partial charge in [0.25, 0.3) is 0 Å². The molecule has 6 nitrogen and oxygen atoms in total. The topological polar surface area (TPSA) is 71.1 Å². The molecule has 0 fully saturated rings. The number of carbonyl (C=O) groups excluding carboxylic acids is 2. The molecule has 0 radical (unpaired) electrons. The first-order valence-electron chi connectivity index (χ1n) is 8.22. The zero-order valence-electron chi connectivity index (χ0n) is 14.3. The third-order valence-electron chi connectivity index (χ3n) is 3.72. The fourth-order valence-corrected chi connectivity index (χ4v) is 1.86. The maximum Gasteiger partial charge on any atom is 0.348 e. The van der Waals surface area contributed by atoms with Crippen LogP contribution in [0.2, 0.25) is 0 Å². The van der Waals surface area contributed by atoms with Gasteiger partial charge in [0.1, 0.15) is 0 Å². The SMILES string of the molecule is CCCCOOC(=O)CC(CC)(CC)C(=O)OOCCCC. The van der Waals surface area contributed by atoms with Gasteiger partial charge in [0.15, 0.2) is 0 Å². The average Bonchev–Trinajstić information content (AvgIpc) is 2.53. The minimum absolute atomic E-state index is 0.0813. The highest BCUT2D eigenvalue weighted by Gasteiger charge is 2.40. The van der Waals surface area contributed by atoms with Crippen molar-refractivity contribution in [2.24, 2.45) is 5.41 Å². The van der Waals surface area contributed by atoms with Crippen LogP contribution in [0, 0.1) is 5.41 Å². The Morgan fingerprint density at radius 3 is 1.77 bits per heavy atom. The van der Waals surface area contributed by atoms with Crippen LogP contribution in [0.4, 0.5) is 0 Å². The minimum atomic E-state index is -0.933. The first-order chi connectivity index (χ1) is 10.6. The number of hydrogen-bond donors (Lipinski definition) is 0. The number of hydrogen-bond acceptors (Lipinski definition) is 6. The van der Waals surface area contributed by atoms with Crippen molar-refractivity contribution in [3.63, 3.8) is 0 Å².